The van der Waals surface area contributed by atoms with Gasteiger partial charge < -0.3 is 14.5 Å². The number of hydrogen-bond acceptors (Lipinski definition) is 3. The van der Waals surface area contributed by atoms with Gasteiger partial charge in [-0.1, -0.05) is 19.1 Å². The predicted molar refractivity (Wildman–Crippen MR) is 75.8 cm³/mol. The number of carbonyl (C=O) groups is 1. The molecule has 0 spiro atoms. The van der Waals surface area contributed by atoms with Crippen LogP contribution < -0.4 is 4.74 Å². The summed E-state index contributed by atoms with van der Waals surface area (Å²) in [7, 11) is 3.72. The largest absolute Gasteiger partial charge is 0.496 e. The molecule has 1 aromatic rings. The molecule has 1 heterocycles. The summed E-state index contributed by atoms with van der Waals surface area (Å²) < 4.78 is 5.44. The van der Waals surface area contributed by atoms with Gasteiger partial charge in [0.15, 0.2) is 0 Å². The summed E-state index contributed by atoms with van der Waals surface area (Å²) in [5, 5.41) is 0. The smallest absolute Gasteiger partial charge is 0.257 e. The zero-order valence-electron chi connectivity index (χ0n) is 12.0. The van der Waals surface area contributed by atoms with Gasteiger partial charge in [-0.05, 0) is 25.1 Å². The van der Waals surface area contributed by atoms with Gasteiger partial charge in [-0.3, -0.25) is 4.79 Å². The molecule has 1 aromatic carbocycles. The van der Waals surface area contributed by atoms with Gasteiger partial charge in [-0.2, -0.15) is 0 Å². The molecule has 0 bridgehead atoms. The minimum absolute atomic E-state index is 0.0836. The third-order valence-corrected chi connectivity index (χ3v) is 3.70. The molecular formula is C15H22N2O2. The van der Waals surface area contributed by atoms with Crippen molar-refractivity contribution in [2.45, 2.75) is 13.3 Å². The Hall–Kier alpha value is -1.55. The van der Waals surface area contributed by atoms with Gasteiger partial charge >= 0.3 is 0 Å². The number of methoxy groups -OCH3 is 1. The molecule has 0 saturated carbocycles. The summed E-state index contributed by atoms with van der Waals surface area (Å²) in [6.07, 6.45) is 0.868. The van der Waals surface area contributed by atoms with Gasteiger partial charge in [0.05, 0.1) is 12.7 Å². The van der Waals surface area contributed by atoms with Crippen molar-refractivity contribution < 1.29 is 9.53 Å². The molecule has 2 rings (SSSR count). The molecule has 0 unspecified atom stereocenters. The van der Waals surface area contributed by atoms with E-state index >= 15 is 0 Å². The number of likely N-dealkylation sites (N-methyl/N-ethyl adjacent to an activating group) is 1. The second-order valence-corrected chi connectivity index (χ2v) is 4.95. The third-order valence-electron chi connectivity index (χ3n) is 3.70. The highest BCUT2D eigenvalue weighted by molar-refractivity contribution is 5.97. The number of hydrogen-bond donors (Lipinski definition) is 0. The van der Waals surface area contributed by atoms with E-state index in [2.05, 4.69) is 18.9 Å². The Morgan fingerprint density at radius 3 is 2.53 bits per heavy atom. The van der Waals surface area contributed by atoms with Crippen molar-refractivity contribution in [2.75, 3.05) is 40.3 Å². The van der Waals surface area contributed by atoms with E-state index in [0.29, 0.717) is 5.56 Å². The van der Waals surface area contributed by atoms with Crippen LogP contribution in [0.15, 0.2) is 18.2 Å². The molecule has 1 fully saturated rings. The fourth-order valence-electron chi connectivity index (χ4n) is 2.45. The van der Waals surface area contributed by atoms with Crippen LogP contribution in [0, 0.1) is 0 Å². The Kier molecular flexibility index (Phi) is 4.43. The van der Waals surface area contributed by atoms with E-state index in [1.54, 1.807) is 7.11 Å². The number of amides is 1. The number of carbonyl (C=O) groups excluding carboxylic acids is 1. The highest BCUT2D eigenvalue weighted by Gasteiger charge is 2.23. The van der Waals surface area contributed by atoms with Crippen LogP contribution in [-0.4, -0.2) is 56.0 Å². The maximum Gasteiger partial charge on any atom is 0.257 e. The molecule has 1 aliphatic heterocycles. The van der Waals surface area contributed by atoms with E-state index in [9.17, 15) is 4.79 Å². The first kappa shape index (κ1) is 13.9. The first-order chi connectivity index (χ1) is 9.17. The monoisotopic (exact) mass is 262 g/mol. The first-order valence-corrected chi connectivity index (χ1v) is 6.81. The molecule has 4 heteroatoms. The Bertz CT molecular complexity index is 451. The quantitative estimate of drug-likeness (QED) is 0.830. The maximum atomic E-state index is 12.6. The molecular weight excluding hydrogens is 240 g/mol. The van der Waals surface area contributed by atoms with Crippen molar-refractivity contribution in [1.29, 1.82) is 0 Å². The van der Waals surface area contributed by atoms with Gasteiger partial charge in [0.1, 0.15) is 5.75 Å². The fraction of sp³-hybridized carbons (Fsp3) is 0.533. The zero-order valence-corrected chi connectivity index (χ0v) is 12.0. The number of ether oxygens (including phenoxy) is 1. The average molecular weight is 262 g/mol. The SMILES string of the molecule is CCc1cccc(C(=O)N2CCN(C)CC2)c1OC. The number of rotatable bonds is 3. The second kappa shape index (κ2) is 6.06. The van der Waals surface area contributed by atoms with Gasteiger partial charge in [0.2, 0.25) is 0 Å². The van der Waals surface area contributed by atoms with Gasteiger partial charge in [-0.15, -0.1) is 0 Å². The normalized spacial score (nSPS) is 16.5. The zero-order chi connectivity index (χ0) is 13.8. The lowest BCUT2D eigenvalue weighted by Crippen LogP contribution is -2.47. The Labute approximate surface area is 115 Å². The van der Waals surface area contributed by atoms with Crippen molar-refractivity contribution in [3.8, 4) is 5.75 Å². The minimum Gasteiger partial charge on any atom is -0.496 e. The van der Waals surface area contributed by atoms with E-state index in [-0.39, 0.29) is 5.91 Å². The van der Waals surface area contributed by atoms with Crippen LogP contribution in [0.1, 0.15) is 22.8 Å². The number of benzene rings is 1. The summed E-state index contributed by atoms with van der Waals surface area (Å²) in [5.41, 5.74) is 1.77. The number of aryl methyl sites for hydroxylation is 1. The molecule has 1 aliphatic rings. The van der Waals surface area contributed by atoms with E-state index in [4.69, 9.17) is 4.74 Å². The Balaban J connectivity index is 2.23. The van der Waals surface area contributed by atoms with Crippen LogP contribution in [0.3, 0.4) is 0 Å². The van der Waals surface area contributed by atoms with Gasteiger partial charge in [0.25, 0.3) is 5.91 Å². The molecule has 0 radical (unpaired) electrons. The molecule has 1 amide bonds. The van der Waals surface area contributed by atoms with Crippen LogP contribution in [-0.2, 0) is 6.42 Å². The van der Waals surface area contributed by atoms with Gasteiger partial charge in [0, 0.05) is 26.2 Å². The number of nitrogens with zero attached hydrogens (tertiary/aromatic N) is 2. The van der Waals surface area contributed by atoms with Crippen molar-refractivity contribution in [1.82, 2.24) is 9.80 Å². The van der Waals surface area contributed by atoms with Crippen LogP contribution >= 0.6 is 0 Å². The summed E-state index contributed by atoms with van der Waals surface area (Å²) in [4.78, 5) is 16.7. The molecule has 0 aromatic heterocycles. The van der Waals surface area contributed by atoms with Gasteiger partial charge in [-0.25, -0.2) is 0 Å². The van der Waals surface area contributed by atoms with Crippen molar-refractivity contribution in [3.05, 3.63) is 29.3 Å². The highest BCUT2D eigenvalue weighted by Crippen LogP contribution is 2.25. The number of para-hydroxylation sites is 1. The molecule has 0 atom stereocenters. The van der Waals surface area contributed by atoms with Crippen LogP contribution in [0.2, 0.25) is 0 Å². The molecule has 0 N–H and O–H groups in total. The molecule has 0 aliphatic carbocycles. The standard InChI is InChI=1S/C15H22N2O2/c1-4-12-6-5-7-13(14(12)19-3)15(18)17-10-8-16(2)9-11-17/h5-7H,4,8-11H2,1-3H3. The van der Waals surface area contributed by atoms with E-state index in [0.717, 1.165) is 43.9 Å². The molecule has 4 nitrogen and oxygen atoms in total. The lowest BCUT2D eigenvalue weighted by Gasteiger charge is -2.32. The van der Waals surface area contributed by atoms with Crippen molar-refractivity contribution in [2.24, 2.45) is 0 Å². The summed E-state index contributed by atoms with van der Waals surface area (Å²) in [6, 6.07) is 5.81. The summed E-state index contributed by atoms with van der Waals surface area (Å²) in [5.74, 6) is 0.814. The molecule has 104 valence electrons. The molecule has 19 heavy (non-hydrogen) atoms. The van der Waals surface area contributed by atoms with Crippen molar-refractivity contribution >= 4 is 5.91 Å². The predicted octanol–water partition coefficient (Wildman–Crippen LogP) is 1.65. The average Bonchev–Trinajstić information content (AvgIpc) is 2.46. The summed E-state index contributed by atoms with van der Waals surface area (Å²) >= 11 is 0. The van der Waals surface area contributed by atoms with E-state index < -0.39 is 0 Å². The van der Waals surface area contributed by atoms with Crippen molar-refractivity contribution in [3.63, 3.8) is 0 Å². The van der Waals surface area contributed by atoms with E-state index in [1.165, 1.54) is 0 Å². The maximum absolute atomic E-state index is 12.6. The highest BCUT2D eigenvalue weighted by atomic mass is 16.5. The Morgan fingerprint density at radius 1 is 1.26 bits per heavy atom. The van der Waals surface area contributed by atoms with E-state index in [1.807, 2.05) is 23.1 Å². The first-order valence-electron chi connectivity index (χ1n) is 6.81. The fourth-order valence-corrected chi connectivity index (χ4v) is 2.45. The second-order valence-electron chi connectivity index (χ2n) is 4.95. The molecule has 1 saturated heterocycles. The third kappa shape index (κ3) is 2.89. The van der Waals surface area contributed by atoms with Crippen LogP contribution in [0.4, 0.5) is 0 Å². The Morgan fingerprint density at radius 2 is 1.95 bits per heavy atom. The summed E-state index contributed by atoms with van der Waals surface area (Å²) in [6.45, 7) is 5.51. The minimum atomic E-state index is 0.0836. The van der Waals surface area contributed by atoms with Crippen LogP contribution in [0.25, 0.3) is 0 Å². The lowest BCUT2D eigenvalue weighted by molar-refractivity contribution is 0.0660. The lowest BCUT2D eigenvalue weighted by atomic mass is 10.1. The van der Waals surface area contributed by atoms with Crippen LogP contribution in [0.5, 0.6) is 5.75 Å². The number of piperazine rings is 1. The topological polar surface area (TPSA) is 32.8 Å².